The fourth-order valence-corrected chi connectivity index (χ4v) is 20.6. The highest BCUT2D eigenvalue weighted by molar-refractivity contribution is 6.73. The molecular weight excluding hydrogens is 1260 g/mol. The van der Waals surface area contributed by atoms with Crippen molar-refractivity contribution in [1.29, 1.82) is 0 Å². The lowest BCUT2D eigenvalue weighted by Gasteiger charge is -2.54. The standard InChI is InChI=1S/C54H129NO16Si12/c1-72(2,3)57-39-42-46(65-77(16,17)18)49(61-54-52(70-82(31,32)33)50(68-80(25,26)27)47(66-78(19,20)21)43(60-54)40-58-73(4,5)6)51(69-81(28,29)30)53(59-42)56-38-44(63-75(10,11)12)48(67-79(22,23)24)45(64-76(13,14)15)41(62-74(7,8)9)37-55-71-83(34,35)36/h37,41-54H,38-40H2,1-36H3/b55-37+/t41-,42-,43-,44+,45+,46-,47-,48+,49+,50+,51-,52-,53+,54-/m0/s1. The lowest BCUT2D eigenvalue weighted by Crippen LogP contribution is -2.70. The van der Waals surface area contributed by atoms with Crippen LogP contribution in [0.1, 0.15) is 0 Å². The summed E-state index contributed by atoms with van der Waals surface area (Å²) < 4.78 is 116. The van der Waals surface area contributed by atoms with Crippen LogP contribution in [0.4, 0.5) is 0 Å². The Morgan fingerprint density at radius 1 is 0.337 bits per heavy atom. The van der Waals surface area contributed by atoms with Crippen molar-refractivity contribution in [3.63, 3.8) is 0 Å². The molecule has 2 aliphatic rings. The van der Waals surface area contributed by atoms with Crippen molar-refractivity contribution in [1.82, 2.24) is 0 Å². The molecule has 0 aromatic carbocycles. The van der Waals surface area contributed by atoms with Gasteiger partial charge in [-0.1, -0.05) is 0 Å². The van der Waals surface area contributed by atoms with E-state index in [-0.39, 0.29) is 13.2 Å². The Hall–Kier alpha value is 1.47. The minimum absolute atomic E-state index is 0.0521. The largest absolute Gasteiger partial charge is 0.456 e. The Morgan fingerprint density at radius 3 is 1.04 bits per heavy atom. The highest BCUT2D eigenvalue weighted by Gasteiger charge is 2.58. The Labute approximate surface area is 521 Å². The van der Waals surface area contributed by atoms with Crippen molar-refractivity contribution in [3.8, 4) is 0 Å². The SMILES string of the molecule is C[Si](C)(C)OC[C@@H]1O[C@@H](OC[C@@H](O[Si](C)(C)C)[C@@H](O[Si](C)(C)C)[C@H](O[Si](C)(C)C)[C@H](/C=N/O[Si](C)(C)C)O[Si](C)(C)C)[C@@H](O[Si](C)(C)C)[C@H](O[C@@H]2O[C@@H](CO[Si](C)(C)C)[C@H](O[Si](C)(C)C)[C@@H](O[Si](C)(C)C)[C@@H]2O[Si](C)(C)C)[C@H]1O[Si](C)(C)C. The van der Waals surface area contributed by atoms with Crippen LogP contribution in [0.25, 0.3) is 0 Å². The van der Waals surface area contributed by atoms with E-state index in [1.807, 2.05) is 0 Å². The molecule has 17 nitrogen and oxygen atoms in total. The summed E-state index contributed by atoms with van der Waals surface area (Å²) in [4.78, 5) is 0. The van der Waals surface area contributed by atoms with Crippen LogP contribution in [0.5, 0.6) is 0 Å². The van der Waals surface area contributed by atoms with Crippen LogP contribution in [0.2, 0.25) is 236 Å². The first-order chi connectivity index (χ1) is 36.6. The average molecular weight is 1390 g/mol. The number of nitrogens with zero attached hydrogens (tertiary/aromatic N) is 1. The predicted molar refractivity (Wildman–Crippen MR) is 374 cm³/mol. The summed E-state index contributed by atoms with van der Waals surface area (Å²) in [7, 11) is -27.6. The number of hydrogen-bond acceptors (Lipinski definition) is 17. The molecule has 2 rings (SSSR count). The minimum Gasteiger partial charge on any atom is -0.456 e. The van der Waals surface area contributed by atoms with Gasteiger partial charge in [-0.25, -0.2) is 0 Å². The lowest BCUT2D eigenvalue weighted by molar-refractivity contribution is -0.353. The van der Waals surface area contributed by atoms with Crippen molar-refractivity contribution >= 4 is 106 Å². The first-order valence-electron chi connectivity index (χ1n) is 30.8. The number of oxime groups is 1. The molecule has 2 heterocycles. The molecular formula is C54H129NO16Si12. The van der Waals surface area contributed by atoms with E-state index in [2.05, 4.69) is 241 Å². The van der Waals surface area contributed by atoms with Crippen LogP contribution in [-0.4, -0.2) is 212 Å². The second-order valence-electron chi connectivity index (χ2n) is 34.7. The highest BCUT2D eigenvalue weighted by atomic mass is 28.4. The van der Waals surface area contributed by atoms with Crippen molar-refractivity contribution in [2.45, 2.75) is 322 Å². The van der Waals surface area contributed by atoms with Crippen LogP contribution in [0.15, 0.2) is 5.16 Å². The highest BCUT2D eigenvalue weighted by Crippen LogP contribution is 2.40. The van der Waals surface area contributed by atoms with Crippen molar-refractivity contribution in [3.05, 3.63) is 0 Å². The first kappa shape index (κ1) is 80.6. The smallest absolute Gasteiger partial charge is 0.278 e. The molecule has 0 spiro atoms. The van der Waals surface area contributed by atoms with Crippen LogP contribution < -0.4 is 0 Å². The first-order valence-corrected chi connectivity index (χ1v) is 71.7. The molecule has 29 heteroatoms. The maximum atomic E-state index is 7.84. The Balaban J connectivity index is 3.25. The van der Waals surface area contributed by atoms with Gasteiger partial charge in [0.05, 0.1) is 38.2 Å². The maximum Gasteiger partial charge on any atom is 0.278 e. The molecule has 0 bridgehead atoms. The molecule has 0 aliphatic carbocycles. The third kappa shape index (κ3) is 34.6. The van der Waals surface area contributed by atoms with E-state index < -0.39 is 186 Å². The van der Waals surface area contributed by atoms with Crippen LogP contribution in [-0.2, 0) is 72.2 Å². The molecule has 2 fully saturated rings. The van der Waals surface area contributed by atoms with E-state index in [0.29, 0.717) is 6.61 Å². The summed E-state index contributed by atoms with van der Waals surface area (Å²) in [5.74, 6) is 0. The summed E-state index contributed by atoms with van der Waals surface area (Å²) in [5.41, 5.74) is 0. The number of rotatable bonds is 35. The summed E-state index contributed by atoms with van der Waals surface area (Å²) in [6, 6.07) is 0. The molecule has 14 atom stereocenters. The topological polar surface area (TPSA) is 160 Å². The molecule has 0 aromatic rings. The second kappa shape index (κ2) is 30.5. The van der Waals surface area contributed by atoms with E-state index in [1.165, 1.54) is 0 Å². The predicted octanol–water partition coefficient (Wildman–Crippen LogP) is 14.4. The van der Waals surface area contributed by atoms with Gasteiger partial charge in [0, 0.05) is 0 Å². The van der Waals surface area contributed by atoms with Crippen LogP contribution >= 0.6 is 0 Å². The third-order valence-corrected chi connectivity index (χ3v) is 22.8. The second-order valence-corrected chi connectivity index (χ2v) is 88.2. The third-order valence-electron chi connectivity index (χ3n) is 11.2. The van der Waals surface area contributed by atoms with Gasteiger partial charge in [0.2, 0.25) is 0 Å². The lowest BCUT2D eigenvalue weighted by atomic mass is 9.97. The molecule has 0 N–H and O–H groups in total. The Morgan fingerprint density at radius 2 is 0.675 bits per heavy atom. The van der Waals surface area contributed by atoms with Gasteiger partial charge in [-0.15, -0.1) is 5.16 Å². The zero-order chi connectivity index (χ0) is 64.9. The Bertz CT molecular complexity index is 1960. The number of hydrogen-bond donors (Lipinski definition) is 0. The van der Waals surface area contributed by atoms with E-state index in [0.717, 1.165) is 0 Å². The van der Waals surface area contributed by atoms with Gasteiger partial charge in [-0.2, -0.15) is 0 Å². The number of ether oxygens (including phenoxy) is 4. The maximum absolute atomic E-state index is 7.84. The van der Waals surface area contributed by atoms with Crippen LogP contribution in [0.3, 0.4) is 0 Å². The molecule has 0 amide bonds. The van der Waals surface area contributed by atoms with E-state index in [9.17, 15) is 0 Å². The average Bonchev–Trinajstić information content (AvgIpc) is 3.18. The van der Waals surface area contributed by atoms with Gasteiger partial charge in [0.1, 0.15) is 61.0 Å². The summed E-state index contributed by atoms with van der Waals surface area (Å²) in [5, 5.41) is 4.64. The molecule has 83 heavy (non-hydrogen) atoms. The van der Waals surface area contributed by atoms with Gasteiger partial charge in [0.25, 0.3) is 8.32 Å². The molecule has 0 unspecified atom stereocenters. The van der Waals surface area contributed by atoms with Crippen molar-refractivity contribution in [2.24, 2.45) is 5.16 Å². The fourth-order valence-electron chi connectivity index (χ4n) is 9.12. The van der Waals surface area contributed by atoms with Gasteiger partial charge in [0.15, 0.2) is 104 Å². The van der Waals surface area contributed by atoms with Gasteiger partial charge < -0.3 is 72.2 Å². The monoisotopic (exact) mass is 1380 g/mol. The van der Waals surface area contributed by atoms with Gasteiger partial charge in [-0.3, -0.25) is 0 Å². The molecule has 0 aromatic heterocycles. The summed E-state index contributed by atoms with van der Waals surface area (Å²) in [6.45, 7) is 79.5. The molecule has 0 radical (unpaired) electrons. The van der Waals surface area contributed by atoms with Crippen LogP contribution in [0, 0.1) is 0 Å². The fraction of sp³-hybridized carbons (Fsp3) is 0.981. The van der Waals surface area contributed by atoms with Gasteiger partial charge in [-0.05, 0) is 236 Å². The zero-order valence-electron chi connectivity index (χ0n) is 59.8. The normalized spacial score (nSPS) is 27.2. The van der Waals surface area contributed by atoms with Gasteiger partial charge >= 0.3 is 0 Å². The van der Waals surface area contributed by atoms with E-state index in [4.69, 9.17) is 72.2 Å². The molecule has 0 saturated carbocycles. The Kier molecular flexibility index (Phi) is 29.6. The minimum atomic E-state index is -2.51. The van der Waals surface area contributed by atoms with Crippen molar-refractivity contribution < 1.29 is 72.2 Å². The molecule has 494 valence electrons. The molecule has 2 aliphatic heterocycles. The summed E-state index contributed by atoms with van der Waals surface area (Å²) >= 11 is 0. The summed E-state index contributed by atoms with van der Waals surface area (Å²) in [6.07, 6.45) is -8.07. The quantitative estimate of drug-likeness (QED) is 0.0335. The zero-order valence-corrected chi connectivity index (χ0v) is 71.8. The van der Waals surface area contributed by atoms with E-state index in [1.54, 1.807) is 6.21 Å². The van der Waals surface area contributed by atoms with E-state index >= 15 is 0 Å². The molecule has 2 saturated heterocycles. The van der Waals surface area contributed by atoms with Crippen molar-refractivity contribution in [2.75, 3.05) is 19.8 Å².